The van der Waals surface area contributed by atoms with Gasteiger partial charge in [0.25, 0.3) is 5.91 Å². The Morgan fingerprint density at radius 3 is 1.88 bits per heavy atom. The molecular weight excluding hydrogens is 318 g/mol. The summed E-state index contributed by atoms with van der Waals surface area (Å²) in [5.74, 6) is -0.256. The van der Waals surface area contributed by atoms with Crippen LogP contribution in [0.4, 0.5) is 0 Å². The zero-order valence-electron chi connectivity index (χ0n) is 13.6. The summed E-state index contributed by atoms with van der Waals surface area (Å²) < 4.78 is 9.60. The van der Waals surface area contributed by atoms with Gasteiger partial charge in [-0.05, 0) is 10.6 Å². The number of nitrogens with zero attached hydrogens (tertiary/aromatic N) is 5. The lowest BCUT2D eigenvalue weighted by Crippen LogP contribution is -1.94. The summed E-state index contributed by atoms with van der Waals surface area (Å²) in [5, 5.41) is 18.2. The van der Waals surface area contributed by atoms with Gasteiger partial charge in [-0.25, -0.2) is 4.79 Å². The van der Waals surface area contributed by atoms with Gasteiger partial charge in [0, 0.05) is 28.9 Å². The molecule has 0 aliphatic carbocycles. The van der Waals surface area contributed by atoms with E-state index in [9.17, 15) is 9.59 Å². The minimum Gasteiger partial charge on any atom is -0.476 e. The van der Waals surface area contributed by atoms with E-state index in [1.807, 2.05) is 27.7 Å². The average Bonchev–Trinajstić information content (AvgIpc) is 3.18. The third-order valence-electron chi connectivity index (χ3n) is 2.77. The Morgan fingerprint density at radius 1 is 1.08 bits per heavy atom. The Balaban J connectivity index is 0.000000243. The first-order valence-electron chi connectivity index (χ1n) is 7.02. The molecule has 0 atom stereocenters. The molecule has 0 aliphatic heterocycles. The highest BCUT2D eigenvalue weighted by atomic mass is 16.5. The van der Waals surface area contributed by atoms with E-state index < -0.39 is 11.9 Å². The van der Waals surface area contributed by atoms with E-state index in [0.29, 0.717) is 11.5 Å². The Morgan fingerprint density at radius 2 is 1.54 bits per heavy atom. The van der Waals surface area contributed by atoms with Gasteiger partial charge in [0.05, 0.1) is 0 Å². The van der Waals surface area contributed by atoms with Crippen molar-refractivity contribution >= 4 is 11.9 Å². The van der Waals surface area contributed by atoms with Crippen molar-refractivity contribution in [2.24, 2.45) is 5.11 Å². The summed E-state index contributed by atoms with van der Waals surface area (Å²) in [6.45, 7) is 7.63. The second-order valence-corrected chi connectivity index (χ2v) is 5.34. The Hall–Kier alpha value is -3.13. The number of rotatable bonds is 4. The Labute approximate surface area is 137 Å². The van der Waals surface area contributed by atoms with Crippen molar-refractivity contribution in [1.82, 2.24) is 10.3 Å². The van der Waals surface area contributed by atoms with E-state index >= 15 is 0 Å². The molecule has 24 heavy (non-hydrogen) atoms. The van der Waals surface area contributed by atoms with E-state index in [-0.39, 0.29) is 23.2 Å². The van der Waals surface area contributed by atoms with E-state index in [1.165, 1.54) is 12.1 Å². The Kier molecular flexibility index (Phi) is 6.69. The molecule has 1 N–H and O–H groups in total. The maximum atomic E-state index is 10.9. The van der Waals surface area contributed by atoms with Gasteiger partial charge in [-0.15, -0.1) is 0 Å². The highest BCUT2D eigenvalue weighted by molar-refractivity contribution is 5.92. The molecule has 0 radical (unpaired) electrons. The number of carboxylic acid groups (broad SMARTS) is 1. The van der Waals surface area contributed by atoms with Gasteiger partial charge in [0.15, 0.2) is 11.4 Å². The van der Waals surface area contributed by atoms with Gasteiger partial charge in [0.1, 0.15) is 11.5 Å². The minimum absolute atomic E-state index is 0.0336. The number of aromatic nitrogens is 2. The van der Waals surface area contributed by atoms with Gasteiger partial charge in [-0.2, -0.15) is 0 Å². The van der Waals surface area contributed by atoms with Crippen molar-refractivity contribution in [2.75, 3.05) is 0 Å². The summed E-state index contributed by atoms with van der Waals surface area (Å²) in [5.41, 5.74) is 8.00. The van der Waals surface area contributed by atoms with Crippen LogP contribution in [0, 0.1) is 0 Å². The first-order chi connectivity index (χ1) is 11.3. The molecule has 0 aromatic carbocycles. The number of hydrogen-bond acceptors (Lipinski definition) is 6. The summed E-state index contributed by atoms with van der Waals surface area (Å²) in [6.07, 6.45) is 0. The van der Waals surface area contributed by atoms with Crippen molar-refractivity contribution in [3.63, 3.8) is 0 Å². The van der Waals surface area contributed by atoms with Gasteiger partial charge >= 0.3 is 5.97 Å². The van der Waals surface area contributed by atoms with Crippen LogP contribution < -0.4 is 0 Å². The van der Waals surface area contributed by atoms with Gasteiger partial charge in [-0.1, -0.05) is 38.0 Å². The maximum Gasteiger partial charge on any atom is 0.358 e. The quantitative estimate of drug-likeness (QED) is 0.506. The van der Waals surface area contributed by atoms with Crippen molar-refractivity contribution < 1.29 is 23.7 Å². The standard InChI is InChI=1S/C7H8N4O2.C7H9NO3/c1-4(2)6-3-5(10-13-6)7(12)9-11-8;1-4(2)6-3-5(7(9)10)8-11-6/h3-4H,1-2H3;3-4H,1-2H3,(H,9,10). The molecule has 2 rings (SSSR count). The molecule has 0 fully saturated rings. The van der Waals surface area contributed by atoms with Crippen LogP contribution >= 0.6 is 0 Å². The fourth-order valence-corrected chi connectivity index (χ4v) is 1.42. The van der Waals surface area contributed by atoms with Crippen LogP contribution in [0.2, 0.25) is 0 Å². The first kappa shape index (κ1) is 18.9. The number of carbonyl (C=O) groups is 2. The van der Waals surface area contributed by atoms with Crippen LogP contribution in [0.15, 0.2) is 26.3 Å². The second kappa shape index (κ2) is 8.49. The van der Waals surface area contributed by atoms with Gasteiger partial charge in [0.2, 0.25) is 0 Å². The molecule has 0 aliphatic rings. The molecule has 0 unspecified atom stereocenters. The molecule has 2 heterocycles. The molecule has 1 amide bonds. The van der Waals surface area contributed by atoms with E-state index in [0.717, 1.165) is 0 Å². The molecule has 2 aromatic heterocycles. The van der Waals surface area contributed by atoms with Crippen LogP contribution in [-0.2, 0) is 0 Å². The van der Waals surface area contributed by atoms with E-state index in [1.54, 1.807) is 0 Å². The number of amides is 1. The number of aromatic carboxylic acids is 1. The highest BCUT2D eigenvalue weighted by Gasteiger charge is 2.13. The van der Waals surface area contributed by atoms with Crippen LogP contribution in [0.5, 0.6) is 0 Å². The largest absolute Gasteiger partial charge is 0.476 e. The predicted molar refractivity (Wildman–Crippen MR) is 81.6 cm³/mol. The lowest BCUT2D eigenvalue weighted by molar-refractivity contribution is 0.0685. The SMILES string of the molecule is CC(C)c1cc(C(=O)N=[N+]=[N-])no1.CC(C)c1cc(C(=O)O)no1. The first-order valence-corrected chi connectivity index (χ1v) is 7.02. The molecule has 2 aromatic rings. The zero-order valence-corrected chi connectivity index (χ0v) is 13.6. The van der Waals surface area contributed by atoms with E-state index in [2.05, 4.69) is 20.3 Å². The van der Waals surface area contributed by atoms with Crippen LogP contribution in [0.1, 0.15) is 72.0 Å². The number of carboxylic acids is 1. The van der Waals surface area contributed by atoms with Crippen LogP contribution in [0.25, 0.3) is 10.4 Å². The summed E-state index contributed by atoms with van der Waals surface area (Å²) in [6, 6.07) is 2.91. The highest BCUT2D eigenvalue weighted by Crippen LogP contribution is 2.15. The molecule has 10 nitrogen and oxygen atoms in total. The lowest BCUT2D eigenvalue weighted by Gasteiger charge is -1.92. The molecule has 0 bridgehead atoms. The van der Waals surface area contributed by atoms with Crippen molar-refractivity contribution in [3.05, 3.63) is 45.5 Å². The fraction of sp³-hybridized carbons (Fsp3) is 0.429. The third-order valence-corrected chi connectivity index (χ3v) is 2.77. The smallest absolute Gasteiger partial charge is 0.358 e. The van der Waals surface area contributed by atoms with Crippen molar-refractivity contribution in [2.45, 2.75) is 39.5 Å². The van der Waals surface area contributed by atoms with E-state index in [4.69, 9.17) is 19.7 Å². The lowest BCUT2D eigenvalue weighted by atomic mass is 10.1. The molecule has 0 saturated heterocycles. The normalized spacial score (nSPS) is 10.1. The molecule has 0 saturated carbocycles. The fourth-order valence-electron chi connectivity index (χ4n) is 1.42. The van der Waals surface area contributed by atoms with Crippen molar-refractivity contribution in [1.29, 1.82) is 0 Å². The van der Waals surface area contributed by atoms with Crippen LogP contribution in [0.3, 0.4) is 0 Å². The van der Waals surface area contributed by atoms with Crippen molar-refractivity contribution in [3.8, 4) is 0 Å². The number of carbonyl (C=O) groups excluding carboxylic acids is 1. The van der Waals surface area contributed by atoms with Gasteiger partial charge < -0.3 is 14.2 Å². The molecule has 128 valence electrons. The summed E-state index contributed by atoms with van der Waals surface area (Å²) in [7, 11) is 0. The maximum absolute atomic E-state index is 10.9. The molecule has 10 heteroatoms. The van der Waals surface area contributed by atoms with Gasteiger partial charge in [-0.3, -0.25) is 4.79 Å². The zero-order chi connectivity index (χ0) is 18.3. The molecule has 0 spiro atoms. The Bertz CT molecular complexity index is 755. The second-order valence-electron chi connectivity index (χ2n) is 5.34. The predicted octanol–water partition coefficient (Wildman–Crippen LogP) is 3.74. The third kappa shape index (κ3) is 5.25. The summed E-state index contributed by atoms with van der Waals surface area (Å²) >= 11 is 0. The topological polar surface area (TPSA) is 155 Å². The average molecular weight is 335 g/mol. The number of azide groups is 1. The minimum atomic E-state index is -1.05. The number of hydrogen-bond donors (Lipinski definition) is 1. The summed E-state index contributed by atoms with van der Waals surface area (Å²) in [4.78, 5) is 23.6. The molecular formula is C14H17N5O5. The van der Waals surface area contributed by atoms with Crippen LogP contribution in [-0.4, -0.2) is 27.3 Å². The monoisotopic (exact) mass is 335 g/mol.